The lowest BCUT2D eigenvalue weighted by molar-refractivity contribution is -0.910. The molecule has 0 aliphatic heterocycles. The van der Waals surface area contributed by atoms with Crippen molar-refractivity contribution in [2.75, 3.05) is 21.1 Å². The van der Waals surface area contributed by atoms with Crippen molar-refractivity contribution < 1.29 is 9.59 Å². The molecule has 3 aromatic carbocycles. The summed E-state index contributed by atoms with van der Waals surface area (Å²) in [5.41, 5.74) is 1.79. The minimum Gasteiger partial charge on any atom is -0.374 e. The summed E-state index contributed by atoms with van der Waals surface area (Å²) in [7, 11) is 6.40. The lowest BCUT2D eigenvalue weighted by Crippen LogP contribution is -2.51. The maximum atomic E-state index is 12.2. The van der Waals surface area contributed by atoms with E-state index in [0.29, 0.717) is 4.48 Å². The van der Waals surface area contributed by atoms with Gasteiger partial charge in [-0.15, -0.1) is 0 Å². The zero-order valence-electron chi connectivity index (χ0n) is 15.1. The van der Waals surface area contributed by atoms with Crippen molar-refractivity contribution in [2.24, 2.45) is 0 Å². The molecular weight excluding hydrogens is 306 g/mol. The van der Waals surface area contributed by atoms with Crippen molar-refractivity contribution in [2.45, 2.75) is 11.6 Å². The van der Waals surface area contributed by atoms with Crippen LogP contribution in [0.1, 0.15) is 22.7 Å². The summed E-state index contributed by atoms with van der Waals surface area (Å²) in [6, 6.07) is 30.1. The van der Waals surface area contributed by atoms with E-state index >= 15 is 0 Å². The highest BCUT2D eigenvalue weighted by molar-refractivity contribution is 5.40. The molecule has 3 aromatic rings. The first kappa shape index (κ1) is 17.4. The summed E-state index contributed by atoms with van der Waals surface area (Å²) in [4.78, 5) is 0. The van der Waals surface area contributed by atoms with E-state index in [-0.39, 0.29) is 6.04 Å². The van der Waals surface area contributed by atoms with Gasteiger partial charge in [-0.2, -0.15) is 0 Å². The molecule has 3 rings (SSSR count). The van der Waals surface area contributed by atoms with Crippen LogP contribution in [0.15, 0.2) is 91.0 Å². The number of likely N-dealkylation sites (N-methyl/N-ethyl adjacent to an activating group) is 1. The fraction of sp³-hybridized carbons (Fsp3) is 0.217. The maximum Gasteiger partial charge on any atom is 0.171 e. The molecule has 0 aliphatic rings. The normalized spacial score (nSPS) is 13.4. The summed E-state index contributed by atoms with van der Waals surface area (Å²) >= 11 is 0. The van der Waals surface area contributed by atoms with E-state index in [1.54, 1.807) is 0 Å². The Kier molecular flexibility index (Phi) is 4.76. The largest absolute Gasteiger partial charge is 0.374 e. The lowest BCUT2D eigenvalue weighted by Gasteiger charge is -2.45. The minimum atomic E-state index is -1.14. The number of rotatable bonds is 5. The van der Waals surface area contributed by atoms with E-state index in [1.807, 2.05) is 78.9 Å². The van der Waals surface area contributed by atoms with Gasteiger partial charge >= 0.3 is 0 Å². The molecule has 0 saturated heterocycles. The van der Waals surface area contributed by atoms with Gasteiger partial charge in [-0.3, -0.25) is 0 Å². The number of hydrogen-bond donors (Lipinski definition) is 1. The molecule has 2 nitrogen and oxygen atoms in total. The summed E-state index contributed by atoms with van der Waals surface area (Å²) in [6.07, 6.45) is 0. The van der Waals surface area contributed by atoms with Crippen molar-refractivity contribution in [3.8, 4) is 0 Å². The van der Waals surface area contributed by atoms with Crippen LogP contribution in [-0.2, 0) is 5.60 Å². The van der Waals surface area contributed by atoms with Crippen LogP contribution in [0.4, 0.5) is 0 Å². The molecule has 0 bridgehead atoms. The van der Waals surface area contributed by atoms with Crippen LogP contribution in [0.2, 0.25) is 0 Å². The SMILES string of the molecule is C[N+](C)(C)C(c1ccccc1)C(O)(c1ccccc1)c1ccccc1. The molecule has 1 atom stereocenters. The highest BCUT2D eigenvalue weighted by Gasteiger charge is 2.48. The summed E-state index contributed by atoms with van der Waals surface area (Å²) in [5.74, 6) is 0. The Morgan fingerprint density at radius 1 is 0.640 bits per heavy atom. The van der Waals surface area contributed by atoms with Crippen LogP contribution in [0, 0.1) is 0 Å². The third-order valence-electron chi connectivity index (χ3n) is 4.71. The van der Waals surface area contributed by atoms with Crippen LogP contribution in [0.25, 0.3) is 0 Å². The van der Waals surface area contributed by atoms with E-state index in [1.165, 1.54) is 0 Å². The van der Waals surface area contributed by atoms with E-state index in [2.05, 4.69) is 33.3 Å². The van der Waals surface area contributed by atoms with Crippen LogP contribution < -0.4 is 0 Å². The molecule has 0 radical (unpaired) electrons. The molecular formula is C23H26NO+. The Hall–Kier alpha value is -2.42. The van der Waals surface area contributed by atoms with Crippen molar-refractivity contribution in [3.63, 3.8) is 0 Å². The number of aliphatic hydroxyl groups is 1. The van der Waals surface area contributed by atoms with Crippen molar-refractivity contribution in [3.05, 3.63) is 108 Å². The molecule has 1 N–H and O–H groups in total. The second-order valence-corrected chi connectivity index (χ2v) is 7.43. The van der Waals surface area contributed by atoms with Crippen LogP contribution in [0.3, 0.4) is 0 Å². The molecule has 1 unspecified atom stereocenters. The predicted octanol–water partition coefficient (Wildman–Crippen LogP) is 4.37. The Bertz CT molecular complexity index is 752. The summed E-state index contributed by atoms with van der Waals surface area (Å²) in [5, 5.41) is 12.2. The molecule has 0 spiro atoms. The Labute approximate surface area is 150 Å². The molecule has 0 saturated carbocycles. The number of benzene rings is 3. The lowest BCUT2D eigenvalue weighted by atomic mass is 9.76. The van der Waals surface area contributed by atoms with Gasteiger partial charge in [0.15, 0.2) is 11.6 Å². The fourth-order valence-corrected chi connectivity index (χ4v) is 3.75. The van der Waals surface area contributed by atoms with Gasteiger partial charge in [0.1, 0.15) is 0 Å². The van der Waals surface area contributed by atoms with Gasteiger partial charge in [-0.1, -0.05) is 91.0 Å². The van der Waals surface area contributed by atoms with E-state index < -0.39 is 5.60 Å². The third kappa shape index (κ3) is 3.37. The standard InChI is InChI=1S/C23H26NO/c1-24(2,3)22(19-13-7-4-8-14-19)23(25,20-15-9-5-10-16-20)21-17-11-6-12-18-21/h4-18,22,25H,1-3H3/q+1. The second-order valence-electron chi connectivity index (χ2n) is 7.43. The van der Waals surface area contributed by atoms with Crippen molar-refractivity contribution in [1.29, 1.82) is 0 Å². The highest BCUT2D eigenvalue weighted by Crippen LogP contribution is 2.45. The molecule has 128 valence electrons. The summed E-state index contributed by atoms with van der Waals surface area (Å²) in [6.45, 7) is 0. The van der Waals surface area contributed by atoms with Gasteiger partial charge in [-0.05, 0) is 11.1 Å². The van der Waals surface area contributed by atoms with Crippen LogP contribution in [-0.4, -0.2) is 30.7 Å². The van der Waals surface area contributed by atoms with Crippen LogP contribution >= 0.6 is 0 Å². The van der Waals surface area contributed by atoms with Crippen molar-refractivity contribution in [1.82, 2.24) is 0 Å². The minimum absolute atomic E-state index is 0.154. The van der Waals surface area contributed by atoms with Gasteiger partial charge in [-0.25, -0.2) is 0 Å². The number of nitrogens with zero attached hydrogens (tertiary/aromatic N) is 1. The van der Waals surface area contributed by atoms with E-state index in [9.17, 15) is 5.11 Å². The Balaban J connectivity index is 2.29. The van der Waals surface area contributed by atoms with Crippen molar-refractivity contribution >= 4 is 0 Å². The first-order valence-electron chi connectivity index (χ1n) is 8.63. The maximum absolute atomic E-state index is 12.2. The van der Waals surface area contributed by atoms with Gasteiger partial charge in [0.25, 0.3) is 0 Å². The van der Waals surface area contributed by atoms with Gasteiger partial charge in [0.2, 0.25) is 0 Å². The van der Waals surface area contributed by atoms with E-state index in [0.717, 1.165) is 16.7 Å². The predicted molar refractivity (Wildman–Crippen MR) is 103 cm³/mol. The quantitative estimate of drug-likeness (QED) is 0.688. The smallest absolute Gasteiger partial charge is 0.171 e. The molecule has 0 fully saturated rings. The van der Waals surface area contributed by atoms with Crippen LogP contribution in [0.5, 0.6) is 0 Å². The first-order chi connectivity index (χ1) is 11.9. The number of quaternary nitrogens is 1. The Morgan fingerprint density at radius 3 is 1.36 bits per heavy atom. The second kappa shape index (κ2) is 6.83. The van der Waals surface area contributed by atoms with Gasteiger partial charge in [0, 0.05) is 5.56 Å². The number of hydrogen-bond acceptors (Lipinski definition) is 1. The van der Waals surface area contributed by atoms with Gasteiger partial charge < -0.3 is 9.59 Å². The zero-order chi connectivity index (χ0) is 17.9. The zero-order valence-corrected chi connectivity index (χ0v) is 15.1. The molecule has 2 heteroatoms. The summed E-state index contributed by atoms with van der Waals surface area (Å²) < 4.78 is 0.601. The molecule has 0 heterocycles. The molecule has 0 aliphatic carbocycles. The Morgan fingerprint density at radius 2 is 1.00 bits per heavy atom. The average Bonchev–Trinajstić information content (AvgIpc) is 2.63. The van der Waals surface area contributed by atoms with Gasteiger partial charge in [0.05, 0.1) is 21.1 Å². The molecule has 0 amide bonds. The molecule has 0 aromatic heterocycles. The monoisotopic (exact) mass is 332 g/mol. The molecule has 25 heavy (non-hydrogen) atoms. The third-order valence-corrected chi connectivity index (χ3v) is 4.71. The topological polar surface area (TPSA) is 20.2 Å². The highest BCUT2D eigenvalue weighted by atomic mass is 16.3. The van der Waals surface area contributed by atoms with E-state index in [4.69, 9.17) is 0 Å². The fourth-order valence-electron chi connectivity index (χ4n) is 3.75. The average molecular weight is 332 g/mol. The first-order valence-corrected chi connectivity index (χ1v) is 8.63.